The molecule has 11 nitrogen and oxygen atoms in total. The molecule has 0 aliphatic carbocycles. The average Bonchev–Trinajstić information content (AvgIpc) is 3.32. The molecule has 33 heavy (non-hydrogen) atoms. The van der Waals surface area contributed by atoms with Crippen LogP contribution in [-0.4, -0.2) is 64.3 Å². The van der Waals surface area contributed by atoms with E-state index < -0.39 is 10.8 Å². The number of benzene rings is 2. The standard InChI is InChI=1S/C22H22N6O5/c29-21(15-26-11-13-33-14-12-26)23-16-1-3-17(4-2-16)24-22(30)20-9-10-27(25-20)18-5-7-19(8-6-18)28(31)32/h1-10H,11-15H2,(H,23,29)(H,24,30). The highest BCUT2D eigenvalue weighted by Gasteiger charge is 2.15. The van der Waals surface area contributed by atoms with Gasteiger partial charge in [0, 0.05) is 42.8 Å². The Morgan fingerprint density at radius 2 is 1.61 bits per heavy atom. The van der Waals surface area contributed by atoms with Gasteiger partial charge in [-0.05, 0) is 42.5 Å². The first-order valence-corrected chi connectivity index (χ1v) is 10.3. The normalized spacial score (nSPS) is 13.9. The van der Waals surface area contributed by atoms with E-state index in [1.165, 1.54) is 16.8 Å². The van der Waals surface area contributed by atoms with Crippen LogP contribution in [0.3, 0.4) is 0 Å². The molecule has 11 heteroatoms. The summed E-state index contributed by atoms with van der Waals surface area (Å²) in [4.78, 5) is 37.0. The number of ether oxygens (including phenoxy) is 1. The quantitative estimate of drug-likeness (QED) is 0.417. The maximum atomic E-state index is 12.5. The second-order valence-corrected chi connectivity index (χ2v) is 7.39. The number of carbonyl (C=O) groups is 2. The lowest BCUT2D eigenvalue weighted by Gasteiger charge is -2.25. The van der Waals surface area contributed by atoms with Gasteiger partial charge < -0.3 is 15.4 Å². The Bertz CT molecular complexity index is 1140. The maximum absolute atomic E-state index is 12.5. The summed E-state index contributed by atoms with van der Waals surface area (Å²) in [5.74, 6) is -0.509. The van der Waals surface area contributed by atoms with E-state index in [1.54, 1.807) is 48.7 Å². The Balaban J connectivity index is 1.32. The minimum absolute atomic E-state index is 0.0235. The van der Waals surface area contributed by atoms with Crippen LogP contribution in [0.15, 0.2) is 60.8 Å². The molecule has 170 valence electrons. The first-order valence-electron chi connectivity index (χ1n) is 10.3. The van der Waals surface area contributed by atoms with E-state index in [1.807, 2.05) is 4.90 Å². The van der Waals surface area contributed by atoms with Crippen molar-refractivity contribution in [2.45, 2.75) is 0 Å². The molecule has 1 saturated heterocycles. The third-order valence-corrected chi connectivity index (χ3v) is 5.04. The molecule has 1 aliphatic rings. The lowest BCUT2D eigenvalue weighted by molar-refractivity contribution is -0.384. The highest BCUT2D eigenvalue weighted by Crippen LogP contribution is 2.17. The summed E-state index contributed by atoms with van der Waals surface area (Å²) in [6, 6.07) is 14.2. The van der Waals surface area contributed by atoms with Crippen LogP contribution in [0.1, 0.15) is 10.5 Å². The molecular formula is C22H22N6O5. The van der Waals surface area contributed by atoms with E-state index in [4.69, 9.17) is 4.74 Å². The van der Waals surface area contributed by atoms with Gasteiger partial charge in [-0.1, -0.05) is 0 Å². The second kappa shape index (κ2) is 10.0. The SMILES string of the molecule is O=C(CN1CCOCC1)Nc1ccc(NC(=O)c2ccn(-c3ccc([N+](=O)[O-])cc3)n2)cc1. The van der Waals surface area contributed by atoms with Crippen molar-refractivity contribution in [3.63, 3.8) is 0 Å². The van der Waals surface area contributed by atoms with Crippen LogP contribution < -0.4 is 10.6 Å². The van der Waals surface area contributed by atoms with E-state index in [0.717, 1.165) is 13.1 Å². The second-order valence-electron chi connectivity index (χ2n) is 7.39. The lowest BCUT2D eigenvalue weighted by Crippen LogP contribution is -2.41. The first-order chi connectivity index (χ1) is 16.0. The van der Waals surface area contributed by atoms with Gasteiger partial charge in [0.1, 0.15) is 0 Å². The van der Waals surface area contributed by atoms with E-state index in [2.05, 4.69) is 15.7 Å². The Morgan fingerprint density at radius 1 is 0.970 bits per heavy atom. The van der Waals surface area contributed by atoms with E-state index in [9.17, 15) is 19.7 Å². The number of hydrogen-bond acceptors (Lipinski definition) is 7. The number of carbonyl (C=O) groups excluding carboxylic acids is 2. The molecule has 2 aromatic carbocycles. The van der Waals surface area contributed by atoms with Gasteiger partial charge in [-0.25, -0.2) is 4.68 Å². The zero-order valence-electron chi connectivity index (χ0n) is 17.6. The molecule has 1 fully saturated rings. The van der Waals surface area contributed by atoms with Crippen LogP contribution in [0.25, 0.3) is 5.69 Å². The number of nitro groups is 1. The highest BCUT2D eigenvalue weighted by molar-refractivity contribution is 6.03. The average molecular weight is 450 g/mol. The summed E-state index contributed by atoms with van der Waals surface area (Å²) < 4.78 is 6.74. The highest BCUT2D eigenvalue weighted by atomic mass is 16.6. The summed E-state index contributed by atoms with van der Waals surface area (Å²) in [6.45, 7) is 3.04. The fraction of sp³-hybridized carbons (Fsp3) is 0.227. The van der Waals surface area contributed by atoms with E-state index in [0.29, 0.717) is 36.8 Å². The molecular weight excluding hydrogens is 428 g/mol. The van der Waals surface area contributed by atoms with Gasteiger partial charge in [0.25, 0.3) is 11.6 Å². The zero-order valence-corrected chi connectivity index (χ0v) is 17.6. The van der Waals surface area contributed by atoms with Crippen LogP contribution in [-0.2, 0) is 9.53 Å². The summed E-state index contributed by atoms with van der Waals surface area (Å²) >= 11 is 0. The van der Waals surface area contributed by atoms with Crippen LogP contribution >= 0.6 is 0 Å². The molecule has 4 rings (SSSR count). The predicted octanol–water partition coefficient (Wildman–Crippen LogP) is 2.30. The maximum Gasteiger partial charge on any atom is 0.276 e. The largest absolute Gasteiger partial charge is 0.379 e. The molecule has 2 N–H and O–H groups in total. The van der Waals surface area contributed by atoms with Crippen molar-refractivity contribution in [3.05, 3.63) is 76.6 Å². The molecule has 0 spiro atoms. The van der Waals surface area contributed by atoms with Crippen molar-refractivity contribution < 1.29 is 19.2 Å². The number of amides is 2. The van der Waals surface area contributed by atoms with Gasteiger partial charge in [-0.2, -0.15) is 5.10 Å². The van der Waals surface area contributed by atoms with E-state index >= 15 is 0 Å². The molecule has 0 unspecified atom stereocenters. The molecule has 0 radical (unpaired) electrons. The van der Waals surface area contributed by atoms with E-state index in [-0.39, 0.29) is 17.3 Å². The van der Waals surface area contributed by atoms with Gasteiger partial charge in [0.15, 0.2) is 5.69 Å². The van der Waals surface area contributed by atoms with Crippen molar-refractivity contribution in [1.82, 2.24) is 14.7 Å². The first kappa shape index (κ1) is 22.1. The molecule has 3 aromatic rings. The molecule has 1 aromatic heterocycles. The molecule has 0 atom stereocenters. The summed E-state index contributed by atoms with van der Waals surface area (Å²) in [5.41, 5.74) is 1.95. The van der Waals surface area contributed by atoms with Crippen LogP contribution in [0.2, 0.25) is 0 Å². The van der Waals surface area contributed by atoms with Crippen LogP contribution in [0.4, 0.5) is 17.1 Å². The fourth-order valence-electron chi connectivity index (χ4n) is 3.31. The van der Waals surface area contributed by atoms with Gasteiger partial charge in [-0.15, -0.1) is 0 Å². The third-order valence-electron chi connectivity index (χ3n) is 5.04. The summed E-state index contributed by atoms with van der Waals surface area (Å²) in [7, 11) is 0. The number of non-ortho nitro benzene ring substituents is 1. The summed E-state index contributed by atoms with van der Waals surface area (Å²) in [6.07, 6.45) is 1.60. The van der Waals surface area contributed by atoms with Gasteiger partial charge >= 0.3 is 0 Å². The number of hydrogen-bond donors (Lipinski definition) is 2. The van der Waals surface area contributed by atoms with Crippen molar-refractivity contribution >= 4 is 28.9 Å². The molecule has 2 amide bonds. The minimum Gasteiger partial charge on any atom is -0.379 e. The van der Waals surface area contributed by atoms with Gasteiger partial charge in [-0.3, -0.25) is 24.6 Å². The number of nitrogens with one attached hydrogen (secondary N) is 2. The Labute approximate surface area is 189 Å². The summed E-state index contributed by atoms with van der Waals surface area (Å²) in [5, 5.41) is 20.6. The van der Waals surface area contributed by atoms with Crippen molar-refractivity contribution in [2.24, 2.45) is 0 Å². The van der Waals surface area contributed by atoms with Crippen LogP contribution in [0, 0.1) is 10.1 Å². The minimum atomic E-state index is -0.480. The Hall–Kier alpha value is -4.09. The molecule has 0 saturated carbocycles. The Kier molecular flexibility index (Phi) is 6.72. The molecule has 0 bridgehead atoms. The van der Waals surface area contributed by atoms with Crippen molar-refractivity contribution in [2.75, 3.05) is 43.5 Å². The van der Waals surface area contributed by atoms with Crippen molar-refractivity contribution in [3.8, 4) is 5.69 Å². The molecule has 2 heterocycles. The monoisotopic (exact) mass is 450 g/mol. The van der Waals surface area contributed by atoms with Gasteiger partial charge in [0.2, 0.25) is 5.91 Å². The fourth-order valence-corrected chi connectivity index (χ4v) is 3.31. The van der Waals surface area contributed by atoms with Crippen molar-refractivity contribution in [1.29, 1.82) is 0 Å². The third kappa shape index (κ3) is 5.79. The predicted molar refractivity (Wildman–Crippen MR) is 121 cm³/mol. The molecule has 1 aliphatic heterocycles. The van der Waals surface area contributed by atoms with Crippen LogP contribution in [0.5, 0.6) is 0 Å². The zero-order chi connectivity index (χ0) is 23.2. The topological polar surface area (TPSA) is 132 Å². The smallest absolute Gasteiger partial charge is 0.276 e. The number of anilines is 2. The number of morpholine rings is 1. The van der Waals surface area contributed by atoms with Gasteiger partial charge in [0.05, 0.1) is 30.4 Å². The number of nitro benzene ring substituents is 1. The number of aromatic nitrogens is 2. The Morgan fingerprint density at radius 3 is 2.24 bits per heavy atom. The number of nitrogens with zero attached hydrogens (tertiary/aromatic N) is 4. The lowest BCUT2D eigenvalue weighted by atomic mass is 10.2. The number of rotatable bonds is 7.